The summed E-state index contributed by atoms with van der Waals surface area (Å²) in [4.78, 5) is 2.29. The average molecular weight is 197 g/mol. The van der Waals surface area contributed by atoms with Gasteiger partial charge in [-0.25, -0.2) is 0 Å². The summed E-state index contributed by atoms with van der Waals surface area (Å²) >= 11 is 0. The highest BCUT2D eigenvalue weighted by Crippen LogP contribution is 2.26. The molecule has 0 aromatic rings. The molecule has 1 aliphatic rings. The molecule has 1 fully saturated rings. The summed E-state index contributed by atoms with van der Waals surface area (Å²) < 4.78 is 0. The first-order valence-corrected chi connectivity index (χ1v) is 5.56. The molecule has 1 aliphatic heterocycles. The Labute approximate surface area is 87.6 Å². The topological polar surface area (TPSA) is 23.5 Å². The van der Waals surface area contributed by atoms with Gasteiger partial charge in [0, 0.05) is 13.1 Å². The van der Waals surface area contributed by atoms with Crippen molar-refractivity contribution in [2.24, 2.45) is 0 Å². The molecule has 14 heavy (non-hydrogen) atoms. The fraction of sp³-hybridized carbons (Fsp3) is 0.833. The average Bonchev–Trinajstić information content (AvgIpc) is 2.10. The van der Waals surface area contributed by atoms with Gasteiger partial charge in [0.15, 0.2) is 0 Å². The maximum atomic E-state index is 10.2. The van der Waals surface area contributed by atoms with Crippen molar-refractivity contribution in [2.45, 2.75) is 45.1 Å². The van der Waals surface area contributed by atoms with Crippen LogP contribution in [-0.2, 0) is 0 Å². The van der Waals surface area contributed by atoms with E-state index >= 15 is 0 Å². The summed E-state index contributed by atoms with van der Waals surface area (Å²) in [6.07, 6.45) is 6.02. The minimum atomic E-state index is -0.390. The van der Waals surface area contributed by atoms with Crippen LogP contribution < -0.4 is 0 Å². The van der Waals surface area contributed by atoms with Crippen molar-refractivity contribution < 1.29 is 5.11 Å². The van der Waals surface area contributed by atoms with Gasteiger partial charge in [-0.15, -0.1) is 0 Å². The summed E-state index contributed by atoms with van der Waals surface area (Å²) in [6.45, 7) is 6.29. The molecule has 1 heterocycles. The molecule has 82 valence electrons. The monoisotopic (exact) mass is 197 g/mol. The summed E-state index contributed by atoms with van der Waals surface area (Å²) in [5.74, 6) is 0. The third-order valence-corrected chi connectivity index (χ3v) is 3.08. The van der Waals surface area contributed by atoms with Crippen LogP contribution in [0.3, 0.4) is 0 Å². The Bertz CT molecular complexity index is 198. The molecule has 0 saturated carbocycles. The summed E-state index contributed by atoms with van der Waals surface area (Å²) in [6, 6.07) is 0. The first-order chi connectivity index (χ1) is 6.52. The Hall–Kier alpha value is -0.340. The Morgan fingerprint density at radius 1 is 1.36 bits per heavy atom. The second-order valence-electron chi connectivity index (χ2n) is 4.85. The van der Waals surface area contributed by atoms with Gasteiger partial charge < -0.3 is 10.0 Å². The maximum Gasteiger partial charge on any atom is 0.0675 e. The number of allylic oxidation sites excluding steroid dienone is 2. The van der Waals surface area contributed by atoms with Crippen molar-refractivity contribution >= 4 is 0 Å². The standard InChI is InChI=1S/C12H23NO/c1-11(2)5-4-6-12(14)7-9-13(3)10-8-12/h5,14H,4,6-10H2,1-3H3. The number of aliphatic hydroxyl groups is 1. The molecule has 0 amide bonds. The van der Waals surface area contributed by atoms with Crippen LogP contribution in [0.1, 0.15) is 39.5 Å². The van der Waals surface area contributed by atoms with Crippen molar-refractivity contribution in [3.63, 3.8) is 0 Å². The van der Waals surface area contributed by atoms with E-state index in [4.69, 9.17) is 0 Å². The molecule has 0 spiro atoms. The number of hydrogen-bond acceptors (Lipinski definition) is 2. The third-order valence-electron chi connectivity index (χ3n) is 3.08. The van der Waals surface area contributed by atoms with Crippen LogP contribution in [0.5, 0.6) is 0 Å². The molecule has 1 saturated heterocycles. The highest BCUT2D eigenvalue weighted by Gasteiger charge is 2.29. The smallest absolute Gasteiger partial charge is 0.0675 e. The third kappa shape index (κ3) is 3.81. The van der Waals surface area contributed by atoms with E-state index in [1.807, 2.05) is 0 Å². The Morgan fingerprint density at radius 2 is 1.93 bits per heavy atom. The van der Waals surface area contributed by atoms with Gasteiger partial charge in [0.1, 0.15) is 0 Å². The van der Waals surface area contributed by atoms with Gasteiger partial charge in [0.25, 0.3) is 0 Å². The number of likely N-dealkylation sites (tertiary alicyclic amines) is 1. The lowest BCUT2D eigenvalue weighted by atomic mass is 9.87. The largest absolute Gasteiger partial charge is 0.390 e. The lowest BCUT2D eigenvalue weighted by molar-refractivity contribution is -0.0215. The molecule has 0 unspecified atom stereocenters. The van der Waals surface area contributed by atoms with Crippen molar-refractivity contribution in [1.82, 2.24) is 4.90 Å². The lowest BCUT2D eigenvalue weighted by Gasteiger charge is -2.36. The van der Waals surface area contributed by atoms with Gasteiger partial charge in [-0.1, -0.05) is 11.6 Å². The van der Waals surface area contributed by atoms with Crippen molar-refractivity contribution in [1.29, 1.82) is 0 Å². The number of rotatable bonds is 3. The molecular weight excluding hydrogens is 174 g/mol. The van der Waals surface area contributed by atoms with E-state index in [9.17, 15) is 5.11 Å². The summed E-state index contributed by atoms with van der Waals surface area (Å²) in [7, 11) is 2.12. The predicted octanol–water partition coefficient (Wildman–Crippen LogP) is 2.19. The van der Waals surface area contributed by atoms with Crippen LogP contribution in [0.2, 0.25) is 0 Å². The minimum absolute atomic E-state index is 0.390. The second-order valence-corrected chi connectivity index (χ2v) is 4.85. The van der Waals surface area contributed by atoms with E-state index in [2.05, 4.69) is 31.9 Å². The molecular formula is C12H23NO. The number of nitrogens with zero attached hydrogens (tertiary/aromatic N) is 1. The molecule has 0 radical (unpaired) electrons. The van der Waals surface area contributed by atoms with Crippen LogP contribution in [0, 0.1) is 0 Å². The van der Waals surface area contributed by atoms with Gasteiger partial charge in [-0.2, -0.15) is 0 Å². The van der Waals surface area contributed by atoms with Crippen molar-refractivity contribution in [2.75, 3.05) is 20.1 Å². The Morgan fingerprint density at radius 3 is 2.43 bits per heavy atom. The highest BCUT2D eigenvalue weighted by molar-refractivity contribution is 4.95. The zero-order valence-corrected chi connectivity index (χ0v) is 9.71. The van der Waals surface area contributed by atoms with Crippen LogP contribution >= 0.6 is 0 Å². The quantitative estimate of drug-likeness (QED) is 0.701. The van der Waals surface area contributed by atoms with E-state index in [1.54, 1.807) is 0 Å². The van der Waals surface area contributed by atoms with E-state index in [0.717, 1.165) is 38.8 Å². The predicted molar refractivity (Wildman–Crippen MR) is 60.3 cm³/mol. The van der Waals surface area contributed by atoms with Crippen molar-refractivity contribution in [3.8, 4) is 0 Å². The van der Waals surface area contributed by atoms with Crippen LogP contribution in [0.15, 0.2) is 11.6 Å². The molecule has 0 aromatic heterocycles. The van der Waals surface area contributed by atoms with Gasteiger partial charge in [0.2, 0.25) is 0 Å². The second kappa shape index (κ2) is 4.94. The number of hydrogen-bond donors (Lipinski definition) is 1. The molecule has 2 heteroatoms. The molecule has 1 rings (SSSR count). The van der Waals surface area contributed by atoms with Gasteiger partial charge >= 0.3 is 0 Å². The fourth-order valence-electron chi connectivity index (χ4n) is 1.91. The Kier molecular flexibility index (Phi) is 4.14. The van der Waals surface area contributed by atoms with Crippen molar-refractivity contribution in [3.05, 3.63) is 11.6 Å². The van der Waals surface area contributed by atoms with Gasteiger partial charge in [0.05, 0.1) is 5.60 Å². The molecule has 0 aliphatic carbocycles. The first-order valence-electron chi connectivity index (χ1n) is 5.56. The lowest BCUT2D eigenvalue weighted by Crippen LogP contribution is -2.42. The first kappa shape index (κ1) is 11.7. The maximum absolute atomic E-state index is 10.2. The zero-order valence-electron chi connectivity index (χ0n) is 9.71. The van der Waals surface area contributed by atoms with Gasteiger partial charge in [-0.3, -0.25) is 0 Å². The fourth-order valence-corrected chi connectivity index (χ4v) is 1.91. The summed E-state index contributed by atoms with van der Waals surface area (Å²) in [5, 5.41) is 10.2. The molecule has 2 nitrogen and oxygen atoms in total. The summed E-state index contributed by atoms with van der Waals surface area (Å²) in [5.41, 5.74) is 0.958. The zero-order chi connectivity index (χ0) is 10.6. The minimum Gasteiger partial charge on any atom is -0.390 e. The molecule has 0 atom stereocenters. The van der Waals surface area contributed by atoms with Crippen LogP contribution in [0.25, 0.3) is 0 Å². The van der Waals surface area contributed by atoms with E-state index in [1.165, 1.54) is 5.57 Å². The molecule has 0 bridgehead atoms. The SMILES string of the molecule is CC(C)=CCCC1(O)CCN(C)CC1. The Balaban J connectivity index is 2.32. The highest BCUT2D eigenvalue weighted by atomic mass is 16.3. The van der Waals surface area contributed by atoms with Crippen LogP contribution in [0.4, 0.5) is 0 Å². The van der Waals surface area contributed by atoms with E-state index < -0.39 is 5.60 Å². The van der Waals surface area contributed by atoms with E-state index in [0.29, 0.717) is 0 Å². The molecule has 0 aromatic carbocycles. The normalized spacial score (nSPS) is 22.0. The van der Waals surface area contributed by atoms with E-state index in [-0.39, 0.29) is 0 Å². The molecule has 1 N–H and O–H groups in total. The number of piperidine rings is 1. The van der Waals surface area contributed by atoms with Crippen LogP contribution in [-0.4, -0.2) is 35.7 Å². The van der Waals surface area contributed by atoms with Gasteiger partial charge in [-0.05, 0) is 46.6 Å².